The van der Waals surface area contributed by atoms with Gasteiger partial charge in [-0.25, -0.2) is 0 Å². The predicted molar refractivity (Wildman–Crippen MR) is 88.0 cm³/mol. The van der Waals surface area contributed by atoms with E-state index in [0.29, 0.717) is 6.61 Å². The van der Waals surface area contributed by atoms with Crippen LogP contribution in [0.25, 0.3) is 0 Å². The van der Waals surface area contributed by atoms with Gasteiger partial charge in [0.2, 0.25) is 0 Å². The summed E-state index contributed by atoms with van der Waals surface area (Å²) in [7, 11) is 0. The molecule has 0 aromatic rings. The summed E-state index contributed by atoms with van der Waals surface area (Å²) in [6.07, 6.45) is 14.6. The average Bonchev–Trinajstić information content (AvgIpc) is 2.45. The Balaban J connectivity index is 3.07. The highest BCUT2D eigenvalue weighted by Gasteiger charge is 1.96. The lowest BCUT2D eigenvalue weighted by atomic mass is 10.1. The molecule has 0 amide bonds. The van der Waals surface area contributed by atoms with Crippen LogP contribution in [0.3, 0.4) is 0 Å². The van der Waals surface area contributed by atoms with Crippen molar-refractivity contribution in [3.8, 4) is 0 Å². The summed E-state index contributed by atoms with van der Waals surface area (Å²) in [5, 5.41) is 0. The topological polar surface area (TPSA) is 18.5 Å². The van der Waals surface area contributed by atoms with Gasteiger partial charge in [-0.3, -0.25) is 0 Å². The zero-order valence-electron chi connectivity index (χ0n) is 13.9. The van der Waals surface area contributed by atoms with E-state index in [2.05, 4.69) is 20.4 Å². The molecule has 0 N–H and O–H groups in total. The fourth-order valence-corrected chi connectivity index (χ4v) is 2.18. The van der Waals surface area contributed by atoms with Crippen LogP contribution in [0.5, 0.6) is 0 Å². The molecule has 2 heteroatoms. The molecule has 0 aliphatic heterocycles. The maximum absolute atomic E-state index is 5.54. The van der Waals surface area contributed by atoms with Gasteiger partial charge in [0.1, 0.15) is 12.4 Å². The largest absolute Gasteiger partial charge is 0.496 e. The second-order valence-electron chi connectivity index (χ2n) is 5.62. The van der Waals surface area contributed by atoms with Gasteiger partial charge in [0.25, 0.3) is 0 Å². The van der Waals surface area contributed by atoms with Crippen LogP contribution in [0.15, 0.2) is 12.3 Å². The first kappa shape index (κ1) is 19.5. The standard InChI is InChI=1S/C18H36O2/c1-4-6-7-8-9-10-11-12-13-14-16-20-18(3)17-19-15-5-2/h3-17H2,1-2H3. The van der Waals surface area contributed by atoms with Crippen molar-refractivity contribution in [2.45, 2.75) is 84.5 Å². The minimum Gasteiger partial charge on any atom is -0.496 e. The van der Waals surface area contributed by atoms with Crippen LogP contribution in [-0.2, 0) is 9.47 Å². The average molecular weight is 284 g/mol. The minimum absolute atomic E-state index is 0.547. The third kappa shape index (κ3) is 15.6. The monoisotopic (exact) mass is 284 g/mol. The van der Waals surface area contributed by atoms with E-state index in [-0.39, 0.29) is 0 Å². The van der Waals surface area contributed by atoms with Crippen LogP contribution < -0.4 is 0 Å². The molecule has 0 aromatic carbocycles. The molecule has 0 heterocycles. The zero-order chi connectivity index (χ0) is 14.9. The van der Waals surface area contributed by atoms with E-state index in [4.69, 9.17) is 9.47 Å². The Morgan fingerprint density at radius 2 is 1.25 bits per heavy atom. The van der Waals surface area contributed by atoms with Crippen LogP contribution in [-0.4, -0.2) is 19.8 Å². The van der Waals surface area contributed by atoms with Gasteiger partial charge >= 0.3 is 0 Å². The van der Waals surface area contributed by atoms with Gasteiger partial charge in [-0.1, -0.05) is 78.2 Å². The molecule has 0 aliphatic rings. The first-order valence-corrected chi connectivity index (χ1v) is 8.69. The second kappa shape index (κ2) is 16.6. The second-order valence-corrected chi connectivity index (χ2v) is 5.62. The molecule has 0 fully saturated rings. The van der Waals surface area contributed by atoms with Crippen molar-refractivity contribution in [3.63, 3.8) is 0 Å². The number of hydrogen-bond donors (Lipinski definition) is 0. The van der Waals surface area contributed by atoms with Crippen LogP contribution in [0.2, 0.25) is 0 Å². The lowest BCUT2D eigenvalue weighted by molar-refractivity contribution is 0.0973. The van der Waals surface area contributed by atoms with Gasteiger partial charge in [0, 0.05) is 6.61 Å². The molecule has 0 bridgehead atoms. The number of hydrogen-bond acceptors (Lipinski definition) is 2. The SMILES string of the molecule is C=C(COCCC)OCCCCCCCCCCCC. The van der Waals surface area contributed by atoms with Crippen LogP contribution >= 0.6 is 0 Å². The van der Waals surface area contributed by atoms with E-state index in [1.165, 1.54) is 57.8 Å². The zero-order valence-corrected chi connectivity index (χ0v) is 13.9. The third-order valence-corrected chi connectivity index (χ3v) is 3.42. The molecular weight excluding hydrogens is 248 g/mol. The van der Waals surface area contributed by atoms with Gasteiger partial charge < -0.3 is 9.47 Å². The van der Waals surface area contributed by atoms with E-state index in [1.54, 1.807) is 0 Å². The summed E-state index contributed by atoms with van der Waals surface area (Å²) in [4.78, 5) is 0. The van der Waals surface area contributed by atoms with Crippen LogP contribution in [0.4, 0.5) is 0 Å². The predicted octanol–water partition coefficient (Wildman–Crippen LogP) is 5.86. The first-order chi connectivity index (χ1) is 9.81. The van der Waals surface area contributed by atoms with Gasteiger partial charge in [-0.15, -0.1) is 0 Å². The van der Waals surface area contributed by atoms with Crippen molar-refractivity contribution in [2.75, 3.05) is 19.8 Å². The smallest absolute Gasteiger partial charge is 0.114 e. The molecule has 0 aliphatic carbocycles. The van der Waals surface area contributed by atoms with Crippen molar-refractivity contribution < 1.29 is 9.47 Å². The Morgan fingerprint density at radius 1 is 0.700 bits per heavy atom. The molecule has 20 heavy (non-hydrogen) atoms. The van der Waals surface area contributed by atoms with Crippen LogP contribution in [0, 0.1) is 0 Å². The van der Waals surface area contributed by atoms with Gasteiger partial charge in [-0.2, -0.15) is 0 Å². The van der Waals surface area contributed by atoms with E-state index in [9.17, 15) is 0 Å². The maximum Gasteiger partial charge on any atom is 0.114 e. The third-order valence-electron chi connectivity index (χ3n) is 3.42. The fraction of sp³-hybridized carbons (Fsp3) is 0.889. The fourth-order valence-electron chi connectivity index (χ4n) is 2.18. The Bertz CT molecular complexity index is 202. The number of rotatable bonds is 16. The van der Waals surface area contributed by atoms with Gasteiger partial charge in [0.05, 0.1) is 6.61 Å². The highest BCUT2D eigenvalue weighted by molar-refractivity contribution is 4.81. The minimum atomic E-state index is 0.547. The molecule has 2 nitrogen and oxygen atoms in total. The lowest BCUT2D eigenvalue weighted by Gasteiger charge is -2.09. The van der Waals surface area contributed by atoms with Crippen molar-refractivity contribution in [3.05, 3.63) is 12.3 Å². The molecule has 0 atom stereocenters. The molecular formula is C18H36O2. The van der Waals surface area contributed by atoms with Gasteiger partial charge in [-0.05, 0) is 12.8 Å². The van der Waals surface area contributed by atoms with Crippen LogP contribution in [0.1, 0.15) is 84.5 Å². The normalized spacial score (nSPS) is 10.7. The highest BCUT2D eigenvalue weighted by atomic mass is 16.5. The lowest BCUT2D eigenvalue weighted by Crippen LogP contribution is -2.03. The summed E-state index contributed by atoms with van der Waals surface area (Å²) in [5.74, 6) is 0.773. The van der Waals surface area contributed by atoms with E-state index >= 15 is 0 Å². The molecule has 0 rings (SSSR count). The van der Waals surface area contributed by atoms with Crippen molar-refractivity contribution in [2.24, 2.45) is 0 Å². The molecule has 0 spiro atoms. The van der Waals surface area contributed by atoms with Crippen molar-refractivity contribution in [1.29, 1.82) is 0 Å². The van der Waals surface area contributed by atoms with Gasteiger partial charge in [0.15, 0.2) is 0 Å². The summed E-state index contributed by atoms with van der Waals surface area (Å²) >= 11 is 0. The molecule has 120 valence electrons. The van der Waals surface area contributed by atoms with E-state index in [1.807, 2.05) is 0 Å². The van der Waals surface area contributed by atoms with E-state index in [0.717, 1.165) is 31.8 Å². The first-order valence-electron chi connectivity index (χ1n) is 8.69. The Hall–Kier alpha value is -0.500. The molecule has 0 unspecified atom stereocenters. The summed E-state index contributed by atoms with van der Waals surface area (Å²) < 4.78 is 10.9. The summed E-state index contributed by atoms with van der Waals surface area (Å²) in [6, 6.07) is 0. The van der Waals surface area contributed by atoms with E-state index < -0.39 is 0 Å². The highest BCUT2D eigenvalue weighted by Crippen LogP contribution is 2.10. The Kier molecular flexibility index (Phi) is 16.1. The number of ether oxygens (including phenoxy) is 2. The molecule has 0 radical (unpaired) electrons. The van der Waals surface area contributed by atoms with Crippen molar-refractivity contribution >= 4 is 0 Å². The quantitative estimate of drug-likeness (QED) is 0.261. The Morgan fingerprint density at radius 3 is 1.80 bits per heavy atom. The maximum atomic E-state index is 5.54. The number of unbranched alkanes of at least 4 members (excludes halogenated alkanes) is 9. The Labute approximate surface area is 126 Å². The molecule has 0 saturated carbocycles. The molecule has 0 aromatic heterocycles. The summed E-state index contributed by atoms with van der Waals surface area (Å²) in [6.45, 7) is 10.4. The van der Waals surface area contributed by atoms with Crippen molar-refractivity contribution in [1.82, 2.24) is 0 Å². The molecule has 0 saturated heterocycles. The summed E-state index contributed by atoms with van der Waals surface area (Å²) in [5.41, 5.74) is 0.